The van der Waals surface area contributed by atoms with Crippen LogP contribution in [0, 0.1) is 0 Å². The first-order chi connectivity index (χ1) is 18.2. The molecule has 0 aromatic carbocycles. The fourth-order valence-electron chi connectivity index (χ4n) is 2.78. The molecule has 37 heavy (non-hydrogen) atoms. The van der Waals surface area contributed by atoms with E-state index in [1.165, 1.54) is 6.42 Å². The molecule has 0 saturated carbocycles. The molecule has 0 aromatic heterocycles. The van der Waals surface area contributed by atoms with Gasteiger partial charge in [0.05, 0.1) is 85.7 Å². The van der Waals surface area contributed by atoms with Gasteiger partial charge in [-0.1, -0.05) is 12.8 Å². The smallest absolute Gasteiger partial charge is 0.303 e. The van der Waals surface area contributed by atoms with Crippen LogP contribution in [0.4, 0.5) is 0 Å². The minimum absolute atomic E-state index is 0.00329. The van der Waals surface area contributed by atoms with Gasteiger partial charge in [0.1, 0.15) is 0 Å². The van der Waals surface area contributed by atoms with Gasteiger partial charge in [0, 0.05) is 32.1 Å². The van der Waals surface area contributed by atoms with Crippen molar-refractivity contribution in [1.82, 2.24) is 5.32 Å². The van der Waals surface area contributed by atoms with E-state index in [2.05, 4.69) is 5.32 Å². The molecule has 0 heterocycles. The minimum atomic E-state index is -0.978. The van der Waals surface area contributed by atoms with E-state index in [0.29, 0.717) is 98.9 Å². The van der Waals surface area contributed by atoms with Crippen LogP contribution >= 0.6 is 11.6 Å². The van der Waals surface area contributed by atoms with Crippen molar-refractivity contribution in [3.63, 3.8) is 0 Å². The maximum Gasteiger partial charge on any atom is 0.303 e. The lowest BCUT2D eigenvalue weighted by molar-refractivity contribution is -0.138. The molecule has 0 rings (SSSR count). The fraction of sp³-hybridized carbons (Fsp3) is 0.920. The second kappa shape index (κ2) is 31.2. The second-order valence-electron chi connectivity index (χ2n) is 7.99. The van der Waals surface area contributed by atoms with Crippen LogP contribution in [0.1, 0.15) is 44.9 Å². The molecular weight excluding hydrogens is 510 g/mol. The summed E-state index contributed by atoms with van der Waals surface area (Å²) >= 11 is 5.63. The van der Waals surface area contributed by atoms with E-state index in [0.717, 1.165) is 31.7 Å². The van der Waals surface area contributed by atoms with Crippen LogP contribution in [-0.2, 0) is 42.7 Å². The Kier molecular flexibility index (Phi) is 30.3. The minimum Gasteiger partial charge on any atom is -0.481 e. The molecule has 1 amide bonds. The maximum absolute atomic E-state index is 11.3. The summed E-state index contributed by atoms with van der Waals surface area (Å²) in [7, 11) is 0. The highest BCUT2D eigenvalue weighted by Crippen LogP contribution is 2.01. The zero-order valence-corrected chi connectivity index (χ0v) is 23.0. The Morgan fingerprint density at radius 1 is 0.514 bits per heavy atom. The summed E-state index contributed by atoms with van der Waals surface area (Å²) in [5.74, 6) is -0.501. The molecule has 0 aromatic rings. The van der Waals surface area contributed by atoms with Gasteiger partial charge in [0.25, 0.3) is 0 Å². The van der Waals surface area contributed by atoms with Gasteiger partial charge in [-0.25, -0.2) is 0 Å². The van der Waals surface area contributed by atoms with E-state index in [-0.39, 0.29) is 18.7 Å². The highest BCUT2D eigenvalue weighted by Gasteiger charge is 2.04. The Balaban J connectivity index is 3.07. The first-order valence-corrected chi connectivity index (χ1v) is 13.8. The fourth-order valence-corrected chi connectivity index (χ4v) is 2.97. The predicted octanol–water partition coefficient (Wildman–Crippen LogP) is 2.27. The summed E-state index contributed by atoms with van der Waals surface area (Å²) in [5.41, 5.74) is 0. The van der Waals surface area contributed by atoms with Gasteiger partial charge in [-0.3, -0.25) is 9.59 Å². The maximum atomic E-state index is 11.3. The van der Waals surface area contributed by atoms with E-state index in [4.69, 9.17) is 49.9 Å². The molecule has 0 aliphatic heterocycles. The largest absolute Gasteiger partial charge is 0.481 e. The number of hydrogen-bond donors (Lipinski definition) is 2. The molecule has 0 unspecified atom stereocenters. The summed E-state index contributed by atoms with van der Waals surface area (Å²) in [6.45, 7) is 7.91. The van der Waals surface area contributed by atoms with Crippen LogP contribution in [0.15, 0.2) is 0 Å². The van der Waals surface area contributed by atoms with Crippen molar-refractivity contribution >= 4 is 23.5 Å². The van der Waals surface area contributed by atoms with Crippen LogP contribution in [0.3, 0.4) is 0 Å². The van der Waals surface area contributed by atoms with Crippen LogP contribution in [0.2, 0.25) is 0 Å². The van der Waals surface area contributed by atoms with E-state index in [1.54, 1.807) is 0 Å². The summed E-state index contributed by atoms with van der Waals surface area (Å²) in [5, 5.41) is 11.2. The highest BCUT2D eigenvalue weighted by atomic mass is 35.5. The van der Waals surface area contributed by atoms with E-state index in [1.807, 2.05) is 0 Å². The standard InChI is InChI=1S/C25H48ClNO10/c26-8-3-1-2-4-10-31-12-14-33-16-18-35-20-22-37-23-21-36-19-17-34-15-13-32-11-5-9-27-24(28)6-7-25(29)30/h1-23H2,(H,27,28)(H,29,30). The van der Waals surface area contributed by atoms with Crippen molar-refractivity contribution in [3.05, 3.63) is 0 Å². The lowest BCUT2D eigenvalue weighted by Crippen LogP contribution is -2.25. The summed E-state index contributed by atoms with van der Waals surface area (Å²) in [6.07, 6.45) is 4.97. The average molecular weight is 558 g/mol. The van der Waals surface area contributed by atoms with Gasteiger partial charge >= 0.3 is 5.97 Å². The van der Waals surface area contributed by atoms with Crippen LogP contribution in [-0.4, -0.2) is 122 Å². The summed E-state index contributed by atoms with van der Waals surface area (Å²) < 4.78 is 38.1. The number of alkyl halides is 1. The highest BCUT2D eigenvalue weighted by molar-refractivity contribution is 6.17. The molecule has 0 spiro atoms. The second-order valence-corrected chi connectivity index (χ2v) is 8.37. The summed E-state index contributed by atoms with van der Waals surface area (Å²) in [6, 6.07) is 0. The molecule has 0 aliphatic carbocycles. The number of carbonyl (C=O) groups excluding carboxylic acids is 1. The van der Waals surface area contributed by atoms with Gasteiger partial charge in [-0.2, -0.15) is 0 Å². The van der Waals surface area contributed by atoms with Crippen molar-refractivity contribution in [2.45, 2.75) is 44.9 Å². The number of ether oxygens (including phenoxy) is 7. The molecule has 0 fully saturated rings. The number of rotatable bonds is 31. The number of aliphatic carboxylic acids is 1. The lowest BCUT2D eigenvalue weighted by atomic mass is 10.2. The molecule has 0 radical (unpaired) electrons. The molecular formula is C25H48ClNO10. The Morgan fingerprint density at radius 3 is 1.30 bits per heavy atom. The monoisotopic (exact) mass is 557 g/mol. The Hall–Kier alpha value is -1.05. The van der Waals surface area contributed by atoms with Crippen LogP contribution in [0.5, 0.6) is 0 Å². The Bertz CT molecular complexity index is 502. The first kappa shape index (κ1) is 35.9. The number of hydrogen-bond acceptors (Lipinski definition) is 9. The SMILES string of the molecule is O=C(O)CCC(=O)NCCCOCCOCCOCCOCCOCCOCCOCCCCCCCl. The van der Waals surface area contributed by atoms with Gasteiger partial charge in [0.2, 0.25) is 5.91 Å². The quantitative estimate of drug-likeness (QED) is 0.0966. The molecule has 0 aliphatic rings. The number of carbonyl (C=O) groups is 2. The Morgan fingerprint density at radius 2 is 0.892 bits per heavy atom. The number of unbranched alkanes of at least 4 members (excludes halogenated alkanes) is 3. The molecule has 11 nitrogen and oxygen atoms in total. The molecule has 2 N–H and O–H groups in total. The van der Waals surface area contributed by atoms with E-state index < -0.39 is 5.97 Å². The molecule has 0 atom stereocenters. The van der Waals surface area contributed by atoms with Crippen molar-refractivity contribution < 1.29 is 47.9 Å². The topological polar surface area (TPSA) is 131 Å². The third-order valence-corrected chi connectivity index (χ3v) is 5.03. The molecule has 0 bridgehead atoms. The average Bonchev–Trinajstić information content (AvgIpc) is 2.89. The number of nitrogens with one attached hydrogen (secondary N) is 1. The van der Waals surface area contributed by atoms with E-state index in [9.17, 15) is 9.59 Å². The van der Waals surface area contributed by atoms with Crippen molar-refractivity contribution in [3.8, 4) is 0 Å². The van der Waals surface area contributed by atoms with Gasteiger partial charge in [-0.15, -0.1) is 11.6 Å². The molecule has 0 saturated heterocycles. The van der Waals surface area contributed by atoms with Crippen molar-refractivity contribution in [2.24, 2.45) is 0 Å². The molecule has 12 heteroatoms. The predicted molar refractivity (Wildman–Crippen MR) is 139 cm³/mol. The number of halogens is 1. The summed E-state index contributed by atoms with van der Waals surface area (Å²) in [4.78, 5) is 21.7. The van der Waals surface area contributed by atoms with Crippen molar-refractivity contribution in [1.29, 1.82) is 0 Å². The van der Waals surface area contributed by atoms with Crippen LogP contribution < -0.4 is 5.32 Å². The number of amides is 1. The van der Waals surface area contributed by atoms with Crippen LogP contribution in [0.25, 0.3) is 0 Å². The molecule has 220 valence electrons. The van der Waals surface area contributed by atoms with Gasteiger partial charge < -0.3 is 43.6 Å². The third kappa shape index (κ3) is 32.9. The normalized spacial score (nSPS) is 11.2. The van der Waals surface area contributed by atoms with Crippen molar-refractivity contribution in [2.75, 3.05) is 105 Å². The zero-order valence-electron chi connectivity index (χ0n) is 22.3. The number of carboxylic acid groups (broad SMARTS) is 1. The zero-order chi connectivity index (χ0) is 27.1. The van der Waals surface area contributed by atoms with Gasteiger partial charge in [0.15, 0.2) is 0 Å². The third-order valence-electron chi connectivity index (χ3n) is 4.76. The number of carboxylic acids is 1. The van der Waals surface area contributed by atoms with Gasteiger partial charge in [-0.05, 0) is 19.3 Å². The first-order valence-electron chi connectivity index (χ1n) is 13.3. The Labute approximate surface area is 226 Å². The lowest BCUT2D eigenvalue weighted by Gasteiger charge is -2.08. The van der Waals surface area contributed by atoms with E-state index >= 15 is 0 Å².